The summed E-state index contributed by atoms with van der Waals surface area (Å²) in [4.78, 5) is 23.0. The van der Waals surface area contributed by atoms with Gasteiger partial charge in [-0.1, -0.05) is 18.2 Å². The van der Waals surface area contributed by atoms with Gasteiger partial charge in [-0.15, -0.1) is 0 Å². The Morgan fingerprint density at radius 3 is 2.59 bits per heavy atom. The molecule has 1 aromatic heterocycles. The molecule has 2 heterocycles. The number of hydrogen-bond donors (Lipinski definition) is 0. The normalized spacial score (nSPS) is 13.6. The maximum Gasteiger partial charge on any atom is 0.309 e. The molecular weight excluding hydrogens is 282 g/mol. The number of fused-ring (bicyclic) bond motifs is 3. The van der Waals surface area contributed by atoms with Gasteiger partial charge >= 0.3 is 5.97 Å². The van der Waals surface area contributed by atoms with Crippen LogP contribution in [0.2, 0.25) is 0 Å². The first-order valence-electron chi connectivity index (χ1n) is 6.81. The quantitative estimate of drug-likeness (QED) is 0.758. The summed E-state index contributed by atoms with van der Waals surface area (Å²) in [7, 11) is 1.92. The van der Waals surface area contributed by atoms with Crippen molar-refractivity contribution in [3.8, 4) is 0 Å². The molecule has 1 aliphatic rings. The molecule has 0 aliphatic carbocycles. The number of ether oxygens (including phenoxy) is 1. The number of aromatic nitrogens is 1. The third-order valence-corrected chi connectivity index (χ3v) is 3.51. The van der Waals surface area contributed by atoms with Crippen LogP contribution in [-0.4, -0.2) is 27.7 Å². The van der Waals surface area contributed by atoms with Crippen molar-refractivity contribution in [2.24, 2.45) is 12.1 Å². The van der Waals surface area contributed by atoms with Crippen LogP contribution in [0.15, 0.2) is 35.2 Å². The standard InChI is InChI=1S/C16H15N3O3/c1-10(20)19-16(22-11(2)21)8-15-13(9-17-19)12-6-4-5-7-14(12)18(15)3/h4-9H,1-3H3. The fourth-order valence-corrected chi connectivity index (χ4v) is 2.56. The highest BCUT2D eigenvalue weighted by molar-refractivity contribution is 6.04. The molecule has 0 fully saturated rings. The van der Waals surface area contributed by atoms with Crippen LogP contribution in [0, 0.1) is 0 Å². The van der Waals surface area contributed by atoms with E-state index in [1.165, 1.54) is 13.8 Å². The molecule has 0 bridgehead atoms. The van der Waals surface area contributed by atoms with Crippen LogP contribution in [0.25, 0.3) is 17.0 Å². The highest BCUT2D eigenvalue weighted by Gasteiger charge is 2.23. The topological polar surface area (TPSA) is 63.9 Å². The number of hydrazone groups is 1. The van der Waals surface area contributed by atoms with Gasteiger partial charge in [-0.25, -0.2) is 0 Å². The predicted molar refractivity (Wildman–Crippen MR) is 82.8 cm³/mol. The summed E-state index contributed by atoms with van der Waals surface area (Å²) in [5, 5.41) is 6.26. The Balaban J connectivity index is 2.26. The van der Waals surface area contributed by atoms with Crippen LogP contribution in [-0.2, 0) is 21.4 Å². The van der Waals surface area contributed by atoms with Crippen molar-refractivity contribution in [1.82, 2.24) is 9.58 Å². The largest absolute Gasteiger partial charge is 0.407 e. The molecular formula is C16H15N3O3. The molecule has 2 aromatic rings. The molecule has 0 spiro atoms. The van der Waals surface area contributed by atoms with E-state index in [9.17, 15) is 9.59 Å². The Morgan fingerprint density at radius 2 is 1.91 bits per heavy atom. The fourth-order valence-electron chi connectivity index (χ4n) is 2.56. The summed E-state index contributed by atoms with van der Waals surface area (Å²) in [6, 6.07) is 7.89. The van der Waals surface area contributed by atoms with Crippen molar-refractivity contribution in [2.75, 3.05) is 0 Å². The molecule has 0 unspecified atom stereocenters. The van der Waals surface area contributed by atoms with Gasteiger partial charge in [-0.3, -0.25) is 9.59 Å². The summed E-state index contributed by atoms with van der Waals surface area (Å²) in [6.07, 6.45) is 3.27. The van der Waals surface area contributed by atoms with E-state index in [0.717, 1.165) is 27.2 Å². The Bertz CT molecular complexity index is 846. The number of benzene rings is 1. The first-order chi connectivity index (χ1) is 10.5. The molecule has 0 radical (unpaired) electrons. The second kappa shape index (κ2) is 5.14. The maximum absolute atomic E-state index is 11.7. The van der Waals surface area contributed by atoms with Crippen LogP contribution < -0.4 is 0 Å². The lowest BCUT2D eigenvalue weighted by Gasteiger charge is -2.16. The number of rotatable bonds is 1. The van der Waals surface area contributed by atoms with Crippen LogP contribution in [0.1, 0.15) is 25.1 Å². The SMILES string of the molecule is CC(=O)OC1=Cc2c(c3ccccc3n2C)C=NN1C(C)=O. The molecule has 6 heteroatoms. The highest BCUT2D eigenvalue weighted by Crippen LogP contribution is 2.28. The summed E-state index contributed by atoms with van der Waals surface area (Å²) >= 11 is 0. The molecule has 1 aliphatic heterocycles. The second-order valence-electron chi connectivity index (χ2n) is 5.03. The Morgan fingerprint density at radius 1 is 1.18 bits per heavy atom. The number of nitrogens with zero attached hydrogens (tertiary/aromatic N) is 3. The third kappa shape index (κ3) is 2.18. The Hall–Kier alpha value is -2.89. The number of hydrogen-bond acceptors (Lipinski definition) is 4. The van der Waals surface area contributed by atoms with Crippen molar-refractivity contribution in [1.29, 1.82) is 0 Å². The van der Waals surface area contributed by atoms with E-state index in [-0.39, 0.29) is 11.8 Å². The summed E-state index contributed by atoms with van der Waals surface area (Å²) in [6.45, 7) is 2.65. The lowest BCUT2D eigenvalue weighted by atomic mass is 10.1. The van der Waals surface area contributed by atoms with Crippen LogP contribution in [0.5, 0.6) is 0 Å². The molecule has 1 amide bonds. The number of para-hydroxylation sites is 1. The fraction of sp³-hybridized carbons (Fsp3) is 0.188. The van der Waals surface area contributed by atoms with Gasteiger partial charge in [0, 0.05) is 43.4 Å². The molecule has 0 atom stereocenters. The monoisotopic (exact) mass is 297 g/mol. The summed E-state index contributed by atoms with van der Waals surface area (Å²) < 4.78 is 7.13. The molecule has 1 aromatic carbocycles. The van der Waals surface area contributed by atoms with Crippen molar-refractivity contribution in [2.45, 2.75) is 13.8 Å². The van der Waals surface area contributed by atoms with Gasteiger partial charge in [0.05, 0.1) is 11.9 Å². The summed E-state index contributed by atoms with van der Waals surface area (Å²) in [5.41, 5.74) is 2.74. The van der Waals surface area contributed by atoms with Gasteiger partial charge in [-0.2, -0.15) is 10.1 Å². The molecule has 0 saturated heterocycles. The van der Waals surface area contributed by atoms with E-state index in [4.69, 9.17) is 4.74 Å². The first kappa shape index (κ1) is 14.1. The predicted octanol–water partition coefficient (Wildman–Crippen LogP) is 2.24. The van der Waals surface area contributed by atoms with Crippen LogP contribution in [0.3, 0.4) is 0 Å². The van der Waals surface area contributed by atoms with Crippen molar-refractivity contribution in [3.05, 3.63) is 41.4 Å². The number of carbonyl (C=O) groups is 2. The van der Waals surface area contributed by atoms with E-state index in [1.54, 1.807) is 12.3 Å². The van der Waals surface area contributed by atoms with Crippen molar-refractivity contribution >= 4 is 35.1 Å². The average Bonchev–Trinajstić information content (AvgIpc) is 2.62. The lowest BCUT2D eigenvalue weighted by Crippen LogP contribution is -2.24. The summed E-state index contributed by atoms with van der Waals surface area (Å²) in [5.74, 6) is -0.739. The van der Waals surface area contributed by atoms with Gasteiger partial charge in [0.1, 0.15) is 0 Å². The van der Waals surface area contributed by atoms with Gasteiger partial charge in [0.15, 0.2) is 0 Å². The highest BCUT2D eigenvalue weighted by atomic mass is 16.6. The average molecular weight is 297 g/mol. The van der Waals surface area contributed by atoms with E-state index in [1.807, 2.05) is 35.9 Å². The number of esters is 1. The molecule has 6 nitrogen and oxygen atoms in total. The zero-order valence-electron chi connectivity index (χ0n) is 12.5. The first-order valence-corrected chi connectivity index (χ1v) is 6.81. The third-order valence-electron chi connectivity index (χ3n) is 3.51. The van der Waals surface area contributed by atoms with E-state index in [2.05, 4.69) is 5.10 Å². The minimum Gasteiger partial charge on any atom is -0.407 e. The number of carbonyl (C=O) groups excluding carboxylic acids is 2. The molecule has 112 valence electrons. The van der Waals surface area contributed by atoms with E-state index >= 15 is 0 Å². The molecule has 22 heavy (non-hydrogen) atoms. The van der Waals surface area contributed by atoms with Crippen LogP contribution >= 0.6 is 0 Å². The van der Waals surface area contributed by atoms with E-state index in [0.29, 0.717) is 0 Å². The number of aryl methyl sites for hydroxylation is 1. The maximum atomic E-state index is 11.7. The van der Waals surface area contributed by atoms with Gasteiger partial charge < -0.3 is 9.30 Å². The van der Waals surface area contributed by atoms with E-state index < -0.39 is 5.97 Å². The second-order valence-corrected chi connectivity index (χ2v) is 5.03. The molecule has 3 rings (SSSR count). The molecule has 0 N–H and O–H groups in total. The van der Waals surface area contributed by atoms with Gasteiger partial charge in [0.2, 0.25) is 11.8 Å². The lowest BCUT2D eigenvalue weighted by molar-refractivity contribution is -0.141. The Labute approximate surface area is 127 Å². The molecule has 0 saturated carbocycles. The van der Waals surface area contributed by atoms with Crippen molar-refractivity contribution < 1.29 is 14.3 Å². The minimum absolute atomic E-state index is 0.0981. The number of amides is 1. The van der Waals surface area contributed by atoms with Gasteiger partial charge in [-0.05, 0) is 6.07 Å². The zero-order chi connectivity index (χ0) is 15.9. The zero-order valence-corrected chi connectivity index (χ0v) is 12.5. The smallest absolute Gasteiger partial charge is 0.309 e. The van der Waals surface area contributed by atoms with Gasteiger partial charge in [0.25, 0.3) is 0 Å². The minimum atomic E-state index is -0.505. The Kier molecular flexibility index (Phi) is 3.29. The van der Waals surface area contributed by atoms with Crippen molar-refractivity contribution in [3.63, 3.8) is 0 Å². The van der Waals surface area contributed by atoms with Crippen LogP contribution in [0.4, 0.5) is 0 Å².